The number of aromatic nitrogens is 5. The SMILES string of the molecule is Cc1nn(C)c2ccc(-c3cc4ncn(C5CC5)c4c(OC(C)[C@H]4CNC(=O)C4)n3)cc12. The van der Waals surface area contributed by atoms with E-state index >= 15 is 0 Å². The van der Waals surface area contributed by atoms with Gasteiger partial charge < -0.3 is 14.6 Å². The van der Waals surface area contributed by atoms with Crippen LogP contribution in [0.1, 0.15) is 37.9 Å². The highest BCUT2D eigenvalue weighted by Gasteiger charge is 2.31. The van der Waals surface area contributed by atoms with Gasteiger partial charge in [-0.1, -0.05) is 6.07 Å². The standard InChI is InChI=1S/C24H26N6O2/c1-13-18-8-15(4-7-21(18)29(3)28-13)19-10-20-23(30(12-26-20)17-5-6-17)24(27-19)32-14(2)16-9-22(31)25-11-16/h4,7-8,10,12,14,16-17H,5-6,9,11H2,1-3H3,(H,25,31)/t14?,16-/m1/s1. The maximum atomic E-state index is 11.7. The number of carbonyl (C=O) groups is 1. The molecule has 1 saturated heterocycles. The lowest BCUT2D eigenvalue weighted by molar-refractivity contribution is -0.119. The van der Waals surface area contributed by atoms with E-state index in [9.17, 15) is 4.79 Å². The highest BCUT2D eigenvalue weighted by atomic mass is 16.5. The molecule has 2 atom stereocenters. The van der Waals surface area contributed by atoms with Crippen molar-refractivity contribution in [2.75, 3.05) is 6.54 Å². The van der Waals surface area contributed by atoms with Crippen LogP contribution in [0.15, 0.2) is 30.6 Å². The van der Waals surface area contributed by atoms with Gasteiger partial charge in [0.1, 0.15) is 11.6 Å². The number of aryl methyl sites for hydroxylation is 2. The molecule has 1 N–H and O–H groups in total. The van der Waals surface area contributed by atoms with Gasteiger partial charge in [-0.15, -0.1) is 0 Å². The van der Waals surface area contributed by atoms with Gasteiger partial charge in [0.15, 0.2) is 0 Å². The van der Waals surface area contributed by atoms with Crippen LogP contribution < -0.4 is 10.1 Å². The fraction of sp³-hybridized carbons (Fsp3) is 0.417. The number of benzene rings is 1. The number of hydrogen-bond donors (Lipinski definition) is 1. The Hall–Kier alpha value is -3.42. The first-order valence-electron chi connectivity index (χ1n) is 11.2. The predicted molar refractivity (Wildman–Crippen MR) is 121 cm³/mol. The van der Waals surface area contributed by atoms with Crippen molar-refractivity contribution in [3.63, 3.8) is 0 Å². The Morgan fingerprint density at radius 2 is 2.09 bits per heavy atom. The number of rotatable bonds is 5. The molecule has 32 heavy (non-hydrogen) atoms. The monoisotopic (exact) mass is 430 g/mol. The number of nitrogens with zero attached hydrogens (tertiary/aromatic N) is 5. The molecule has 2 aliphatic rings. The zero-order valence-corrected chi connectivity index (χ0v) is 18.5. The highest BCUT2D eigenvalue weighted by molar-refractivity contribution is 5.89. The molecule has 4 heterocycles. The van der Waals surface area contributed by atoms with Crippen molar-refractivity contribution in [2.24, 2.45) is 13.0 Å². The van der Waals surface area contributed by atoms with E-state index < -0.39 is 0 Å². The first-order valence-corrected chi connectivity index (χ1v) is 11.2. The smallest absolute Gasteiger partial charge is 0.241 e. The van der Waals surface area contributed by atoms with E-state index in [1.165, 1.54) is 0 Å². The third kappa shape index (κ3) is 3.13. The molecule has 1 unspecified atom stereocenters. The summed E-state index contributed by atoms with van der Waals surface area (Å²) in [7, 11) is 1.96. The molecule has 0 radical (unpaired) electrons. The van der Waals surface area contributed by atoms with Gasteiger partial charge in [-0.25, -0.2) is 9.97 Å². The van der Waals surface area contributed by atoms with Crippen molar-refractivity contribution in [3.8, 4) is 17.1 Å². The largest absolute Gasteiger partial charge is 0.473 e. The number of nitrogens with one attached hydrogen (secondary N) is 1. The average molecular weight is 431 g/mol. The van der Waals surface area contributed by atoms with Crippen molar-refractivity contribution in [1.29, 1.82) is 0 Å². The number of amides is 1. The van der Waals surface area contributed by atoms with Gasteiger partial charge in [-0.3, -0.25) is 9.48 Å². The van der Waals surface area contributed by atoms with Crippen molar-refractivity contribution in [3.05, 3.63) is 36.3 Å². The first kappa shape index (κ1) is 19.3. The number of hydrogen-bond acceptors (Lipinski definition) is 5. The summed E-state index contributed by atoms with van der Waals surface area (Å²) >= 11 is 0. The van der Waals surface area contributed by atoms with E-state index in [0.29, 0.717) is 24.9 Å². The number of carbonyl (C=O) groups excluding carboxylic acids is 1. The van der Waals surface area contributed by atoms with E-state index in [1.54, 1.807) is 0 Å². The molecule has 3 aromatic heterocycles. The van der Waals surface area contributed by atoms with E-state index in [-0.39, 0.29) is 17.9 Å². The molecule has 8 heteroatoms. The summed E-state index contributed by atoms with van der Waals surface area (Å²) in [5.74, 6) is 0.812. The third-order valence-corrected chi connectivity index (χ3v) is 6.76. The normalized spacial score (nSPS) is 19.6. The molecular weight excluding hydrogens is 404 g/mol. The minimum atomic E-state index is -0.134. The minimum Gasteiger partial charge on any atom is -0.473 e. The summed E-state index contributed by atoms with van der Waals surface area (Å²) in [6.07, 6.45) is 4.56. The summed E-state index contributed by atoms with van der Waals surface area (Å²) in [6.45, 7) is 4.68. The number of pyridine rings is 1. The van der Waals surface area contributed by atoms with Crippen LogP contribution >= 0.6 is 0 Å². The van der Waals surface area contributed by atoms with Crippen molar-refractivity contribution in [2.45, 2.75) is 45.3 Å². The van der Waals surface area contributed by atoms with Gasteiger partial charge in [0.05, 0.1) is 28.7 Å². The first-order chi connectivity index (χ1) is 15.5. The van der Waals surface area contributed by atoms with E-state index in [2.05, 4.69) is 38.2 Å². The third-order valence-electron chi connectivity index (χ3n) is 6.76. The fourth-order valence-electron chi connectivity index (χ4n) is 4.72. The lowest BCUT2D eigenvalue weighted by Gasteiger charge is -2.20. The van der Waals surface area contributed by atoms with Crippen molar-refractivity contribution in [1.82, 2.24) is 29.6 Å². The molecule has 0 bridgehead atoms. The van der Waals surface area contributed by atoms with Gasteiger partial charge in [-0.2, -0.15) is 5.10 Å². The molecule has 0 spiro atoms. The second-order valence-corrected chi connectivity index (χ2v) is 9.10. The number of fused-ring (bicyclic) bond motifs is 2. The summed E-state index contributed by atoms with van der Waals surface area (Å²) in [6, 6.07) is 8.80. The molecule has 1 aromatic carbocycles. The molecule has 1 amide bonds. The Bertz CT molecular complexity index is 1370. The summed E-state index contributed by atoms with van der Waals surface area (Å²) in [5.41, 5.74) is 5.74. The van der Waals surface area contributed by atoms with Crippen LogP contribution in [0.25, 0.3) is 33.2 Å². The molecule has 1 aliphatic carbocycles. The second kappa shape index (κ2) is 7.05. The van der Waals surface area contributed by atoms with Gasteiger partial charge in [0, 0.05) is 42.9 Å². The molecule has 4 aromatic rings. The van der Waals surface area contributed by atoms with Crippen LogP contribution in [0.5, 0.6) is 5.88 Å². The molecule has 8 nitrogen and oxygen atoms in total. The molecule has 164 valence electrons. The summed E-state index contributed by atoms with van der Waals surface area (Å²) in [5, 5.41) is 8.55. The molecular formula is C24H26N6O2. The van der Waals surface area contributed by atoms with E-state index in [1.807, 2.05) is 38.0 Å². The second-order valence-electron chi connectivity index (χ2n) is 9.10. The zero-order valence-electron chi connectivity index (χ0n) is 18.5. The lowest BCUT2D eigenvalue weighted by Crippen LogP contribution is -2.26. The molecule has 2 fully saturated rings. The van der Waals surface area contributed by atoms with Crippen LogP contribution in [0.4, 0.5) is 0 Å². The maximum Gasteiger partial charge on any atom is 0.241 e. The Kier molecular flexibility index (Phi) is 4.25. The Labute approximate surface area is 185 Å². The van der Waals surface area contributed by atoms with Gasteiger partial charge in [-0.05, 0) is 44.9 Å². The van der Waals surface area contributed by atoms with Crippen LogP contribution in [0.3, 0.4) is 0 Å². The quantitative estimate of drug-likeness (QED) is 0.523. The molecule has 1 aliphatic heterocycles. The highest BCUT2D eigenvalue weighted by Crippen LogP contribution is 2.40. The maximum absolute atomic E-state index is 11.7. The Morgan fingerprint density at radius 3 is 2.84 bits per heavy atom. The van der Waals surface area contributed by atoms with Crippen LogP contribution in [0.2, 0.25) is 0 Å². The summed E-state index contributed by atoms with van der Waals surface area (Å²) < 4.78 is 10.5. The van der Waals surface area contributed by atoms with E-state index in [4.69, 9.17) is 9.72 Å². The Morgan fingerprint density at radius 1 is 1.25 bits per heavy atom. The molecule has 6 rings (SSSR count). The van der Waals surface area contributed by atoms with Gasteiger partial charge in [0.25, 0.3) is 0 Å². The van der Waals surface area contributed by atoms with Crippen LogP contribution in [-0.2, 0) is 11.8 Å². The van der Waals surface area contributed by atoms with Crippen LogP contribution in [0, 0.1) is 12.8 Å². The topological polar surface area (TPSA) is 86.9 Å². The fourth-order valence-corrected chi connectivity index (χ4v) is 4.72. The minimum absolute atomic E-state index is 0.0838. The number of imidazole rings is 1. The van der Waals surface area contributed by atoms with Gasteiger partial charge in [0.2, 0.25) is 11.8 Å². The van der Waals surface area contributed by atoms with E-state index in [0.717, 1.165) is 51.7 Å². The number of ether oxygens (including phenoxy) is 1. The average Bonchev–Trinajstić information content (AvgIpc) is 3.26. The lowest BCUT2D eigenvalue weighted by atomic mass is 10.0. The van der Waals surface area contributed by atoms with Crippen molar-refractivity contribution < 1.29 is 9.53 Å². The Balaban J connectivity index is 1.45. The van der Waals surface area contributed by atoms with Crippen LogP contribution in [-0.4, -0.2) is 42.9 Å². The summed E-state index contributed by atoms with van der Waals surface area (Å²) in [4.78, 5) is 21.4. The zero-order chi connectivity index (χ0) is 22.0. The predicted octanol–water partition coefficient (Wildman–Crippen LogP) is 3.53. The molecule has 1 saturated carbocycles. The van der Waals surface area contributed by atoms with Gasteiger partial charge >= 0.3 is 0 Å². The van der Waals surface area contributed by atoms with Crippen molar-refractivity contribution >= 4 is 27.8 Å².